The molecule has 0 atom stereocenters. The Morgan fingerprint density at radius 3 is 2.52 bits per heavy atom. The highest BCUT2D eigenvalue weighted by Gasteiger charge is 2.22. The number of anilines is 2. The van der Waals surface area contributed by atoms with Gasteiger partial charge in [0.05, 0.1) is 4.90 Å². The molecule has 0 bridgehead atoms. The minimum atomic E-state index is -3.55. The van der Waals surface area contributed by atoms with Gasteiger partial charge in [-0.15, -0.1) is 0 Å². The van der Waals surface area contributed by atoms with Crippen LogP contribution in [0.2, 0.25) is 0 Å². The molecule has 0 unspecified atom stereocenters. The number of hydrogen-bond acceptors (Lipinski definition) is 4. The molecule has 1 aliphatic heterocycles. The number of sulfonamides is 1. The van der Waals surface area contributed by atoms with E-state index in [0.29, 0.717) is 30.8 Å². The first-order valence-electron chi connectivity index (χ1n) is 8.72. The zero-order chi connectivity index (χ0) is 19.4. The molecule has 0 aromatic heterocycles. The van der Waals surface area contributed by atoms with Crippen molar-refractivity contribution in [3.8, 4) is 0 Å². The van der Waals surface area contributed by atoms with Crippen LogP contribution in [0.4, 0.5) is 11.4 Å². The second kappa shape index (κ2) is 7.89. The molecule has 1 saturated heterocycles. The summed E-state index contributed by atoms with van der Waals surface area (Å²) in [5.41, 5.74) is 1.66. The largest absolute Gasteiger partial charge is 0.322 e. The van der Waals surface area contributed by atoms with Gasteiger partial charge in [0.25, 0.3) is 5.91 Å². The van der Waals surface area contributed by atoms with Crippen molar-refractivity contribution < 1.29 is 18.0 Å². The summed E-state index contributed by atoms with van der Waals surface area (Å²) in [6, 6.07) is 12.8. The predicted molar refractivity (Wildman–Crippen MR) is 103 cm³/mol. The third kappa shape index (κ3) is 4.35. The van der Waals surface area contributed by atoms with Gasteiger partial charge in [-0.1, -0.05) is 13.0 Å². The van der Waals surface area contributed by atoms with E-state index < -0.39 is 10.0 Å². The SMILES string of the molecule is CCNS(=O)(=O)c1ccc(C(=O)Nc2cccc(N3CCCC3=O)c2)cc1. The first kappa shape index (κ1) is 19.1. The van der Waals surface area contributed by atoms with E-state index in [0.717, 1.165) is 12.1 Å². The normalized spacial score (nSPS) is 14.4. The quantitative estimate of drug-likeness (QED) is 0.795. The number of nitrogens with one attached hydrogen (secondary N) is 2. The highest BCUT2D eigenvalue weighted by atomic mass is 32.2. The Bertz CT molecular complexity index is 955. The summed E-state index contributed by atoms with van der Waals surface area (Å²) in [5, 5.41) is 2.78. The number of rotatable bonds is 6. The molecular formula is C19H21N3O4S. The Kier molecular flexibility index (Phi) is 5.57. The summed E-state index contributed by atoms with van der Waals surface area (Å²) in [5.74, 6) is -0.275. The fraction of sp³-hybridized carbons (Fsp3) is 0.263. The highest BCUT2D eigenvalue weighted by Crippen LogP contribution is 2.24. The number of benzene rings is 2. The molecule has 0 saturated carbocycles. The summed E-state index contributed by atoms with van der Waals surface area (Å²) in [6.07, 6.45) is 1.37. The van der Waals surface area contributed by atoms with E-state index in [1.165, 1.54) is 24.3 Å². The van der Waals surface area contributed by atoms with Crippen molar-refractivity contribution in [3.63, 3.8) is 0 Å². The molecule has 27 heavy (non-hydrogen) atoms. The lowest BCUT2D eigenvalue weighted by Gasteiger charge is -2.16. The van der Waals surface area contributed by atoms with Crippen molar-refractivity contribution in [2.24, 2.45) is 0 Å². The minimum absolute atomic E-state index is 0.0796. The number of carbonyl (C=O) groups is 2. The van der Waals surface area contributed by atoms with Crippen molar-refractivity contribution in [2.45, 2.75) is 24.7 Å². The van der Waals surface area contributed by atoms with Gasteiger partial charge < -0.3 is 10.2 Å². The second-order valence-corrected chi connectivity index (χ2v) is 7.95. The minimum Gasteiger partial charge on any atom is -0.322 e. The van der Waals surface area contributed by atoms with Gasteiger partial charge in [0.1, 0.15) is 0 Å². The fourth-order valence-electron chi connectivity index (χ4n) is 2.93. The average Bonchev–Trinajstić information content (AvgIpc) is 3.08. The van der Waals surface area contributed by atoms with Gasteiger partial charge in [0.15, 0.2) is 0 Å². The Hall–Kier alpha value is -2.71. The molecule has 1 aliphatic rings. The predicted octanol–water partition coefficient (Wildman–Crippen LogP) is 2.36. The molecule has 2 aromatic carbocycles. The molecule has 2 amide bonds. The van der Waals surface area contributed by atoms with Crippen LogP contribution in [-0.2, 0) is 14.8 Å². The maximum Gasteiger partial charge on any atom is 0.255 e. The molecule has 8 heteroatoms. The van der Waals surface area contributed by atoms with Crippen molar-refractivity contribution in [1.29, 1.82) is 0 Å². The monoisotopic (exact) mass is 387 g/mol. The summed E-state index contributed by atoms with van der Waals surface area (Å²) in [6.45, 7) is 2.67. The topological polar surface area (TPSA) is 95.6 Å². The average molecular weight is 387 g/mol. The van der Waals surface area contributed by atoms with Crippen LogP contribution in [0.1, 0.15) is 30.1 Å². The Morgan fingerprint density at radius 1 is 1.15 bits per heavy atom. The van der Waals surface area contributed by atoms with E-state index in [1.54, 1.807) is 30.0 Å². The van der Waals surface area contributed by atoms with Gasteiger partial charge in [0.2, 0.25) is 15.9 Å². The Morgan fingerprint density at radius 2 is 1.89 bits per heavy atom. The van der Waals surface area contributed by atoms with Crippen molar-refractivity contribution in [2.75, 3.05) is 23.3 Å². The molecule has 0 aliphatic carbocycles. The molecule has 1 fully saturated rings. The molecule has 0 spiro atoms. The smallest absolute Gasteiger partial charge is 0.255 e. The van der Waals surface area contributed by atoms with Gasteiger partial charge in [-0.25, -0.2) is 13.1 Å². The lowest BCUT2D eigenvalue weighted by Crippen LogP contribution is -2.24. The van der Waals surface area contributed by atoms with Crippen LogP contribution in [-0.4, -0.2) is 33.3 Å². The molecule has 2 aromatic rings. The molecule has 1 heterocycles. The third-order valence-corrected chi connectivity index (χ3v) is 5.81. The molecular weight excluding hydrogens is 366 g/mol. The van der Waals surface area contributed by atoms with E-state index >= 15 is 0 Å². The maximum absolute atomic E-state index is 12.4. The zero-order valence-electron chi connectivity index (χ0n) is 14.9. The van der Waals surface area contributed by atoms with Gasteiger partial charge in [-0.3, -0.25) is 9.59 Å². The van der Waals surface area contributed by atoms with Crippen molar-refractivity contribution in [1.82, 2.24) is 4.72 Å². The molecule has 3 rings (SSSR count). The van der Waals surface area contributed by atoms with Crippen molar-refractivity contribution in [3.05, 3.63) is 54.1 Å². The standard InChI is InChI=1S/C19H21N3O4S/c1-2-20-27(25,26)17-10-8-14(9-11-17)19(24)21-15-5-3-6-16(13-15)22-12-4-7-18(22)23/h3,5-6,8-11,13,20H,2,4,7,12H2,1H3,(H,21,24). The van der Waals surface area contributed by atoms with Crippen LogP contribution < -0.4 is 14.9 Å². The number of hydrogen-bond donors (Lipinski definition) is 2. The van der Waals surface area contributed by atoms with E-state index in [9.17, 15) is 18.0 Å². The molecule has 7 nitrogen and oxygen atoms in total. The van der Waals surface area contributed by atoms with Crippen LogP contribution in [0.25, 0.3) is 0 Å². The number of amides is 2. The zero-order valence-corrected chi connectivity index (χ0v) is 15.8. The first-order valence-corrected chi connectivity index (χ1v) is 10.2. The Labute approximate surface area is 158 Å². The van der Waals surface area contributed by atoms with Gasteiger partial charge in [0, 0.05) is 36.4 Å². The van der Waals surface area contributed by atoms with Crippen molar-refractivity contribution >= 4 is 33.2 Å². The first-order chi connectivity index (χ1) is 12.9. The van der Waals surface area contributed by atoms with Crippen LogP contribution in [0, 0.1) is 0 Å². The van der Waals surface area contributed by atoms with Crippen LogP contribution in [0.3, 0.4) is 0 Å². The van der Waals surface area contributed by atoms with Gasteiger partial charge in [-0.05, 0) is 48.9 Å². The highest BCUT2D eigenvalue weighted by molar-refractivity contribution is 7.89. The second-order valence-electron chi connectivity index (χ2n) is 6.18. The Balaban J connectivity index is 1.73. The van der Waals surface area contributed by atoms with Crippen LogP contribution >= 0.6 is 0 Å². The summed E-state index contributed by atoms with van der Waals surface area (Å²) >= 11 is 0. The third-order valence-electron chi connectivity index (χ3n) is 4.25. The molecule has 0 radical (unpaired) electrons. The summed E-state index contributed by atoms with van der Waals surface area (Å²) < 4.78 is 26.3. The van der Waals surface area contributed by atoms with Crippen LogP contribution in [0.5, 0.6) is 0 Å². The van der Waals surface area contributed by atoms with Gasteiger partial charge in [-0.2, -0.15) is 0 Å². The lowest BCUT2D eigenvalue weighted by atomic mass is 10.2. The van der Waals surface area contributed by atoms with E-state index in [-0.39, 0.29) is 16.7 Å². The summed E-state index contributed by atoms with van der Waals surface area (Å²) in [4.78, 5) is 26.1. The maximum atomic E-state index is 12.4. The number of carbonyl (C=O) groups excluding carboxylic acids is 2. The van der Waals surface area contributed by atoms with E-state index in [1.807, 2.05) is 6.07 Å². The van der Waals surface area contributed by atoms with Crippen LogP contribution in [0.15, 0.2) is 53.4 Å². The van der Waals surface area contributed by atoms with E-state index in [2.05, 4.69) is 10.0 Å². The molecule has 2 N–H and O–H groups in total. The lowest BCUT2D eigenvalue weighted by molar-refractivity contribution is -0.117. The van der Waals surface area contributed by atoms with E-state index in [4.69, 9.17) is 0 Å². The summed E-state index contributed by atoms with van der Waals surface area (Å²) in [7, 11) is -3.55. The van der Waals surface area contributed by atoms with Gasteiger partial charge >= 0.3 is 0 Å². The fourth-order valence-corrected chi connectivity index (χ4v) is 3.98. The molecule has 142 valence electrons. The number of nitrogens with zero attached hydrogens (tertiary/aromatic N) is 1.